The van der Waals surface area contributed by atoms with Crippen LogP contribution in [0.15, 0.2) is 0 Å². The predicted octanol–water partition coefficient (Wildman–Crippen LogP) is 3.15. The minimum absolute atomic E-state index is 0.472. The summed E-state index contributed by atoms with van der Waals surface area (Å²) in [6, 6.07) is 0. The normalized spacial score (nSPS) is 15.2. The number of rotatable bonds is 3. The Bertz CT molecular complexity index is 409. The Labute approximate surface area is 105 Å². The standard InChI is InChI=1S/C11H15ClN2OS/c1-4-15-11(2,3)10-13-8-6-16-5-7(8)9(12)14-10/h4-6H2,1-3H3. The van der Waals surface area contributed by atoms with Gasteiger partial charge in [0.25, 0.3) is 0 Å². The third kappa shape index (κ3) is 2.19. The molecule has 0 spiro atoms. The van der Waals surface area contributed by atoms with Crippen LogP contribution in [0.2, 0.25) is 5.15 Å². The minimum Gasteiger partial charge on any atom is -0.368 e. The highest BCUT2D eigenvalue weighted by Crippen LogP contribution is 2.34. The molecule has 0 radical (unpaired) electrons. The molecule has 0 atom stereocenters. The van der Waals surface area contributed by atoms with Gasteiger partial charge in [-0.2, -0.15) is 11.8 Å². The van der Waals surface area contributed by atoms with Gasteiger partial charge in [0.15, 0.2) is 5.82 Å². The molecule has 0 bridgehead atoms. The lowest BCUT2D eigenvalue weighted by atomic mass is 10.1. The Morgan fingerprint density at radius 2 is 2.12 bits per heavy atom. The molecule has 0 fully saturated rings. The summed E-state index contributed by atoms with van der Waals surface area (Å²) >= 11 is 7.98. The smallest absolute Gasteiger partial charge is 0.161 e. The Hall–Kier alpha value is -0.320. The first-order valence-corrected chi connectivity index (χ1v) is 6.85. The molecule has 0 unspecified atom stereocenters. The molecule has 5 heteroatoms. The molecule has 0 aliphatic carbocycles. The van der Waals surface area contributed by atoms with Gasteiger partial charge in [-0.05, 0) is 20.8 Å². The number of nitrogens with zero attached hydrogens (tertiary/aromatic N) is 2. The second-order valence-corrected chi connectivity index (χ2v) is 5.54. The van der Waals surface area contributed by atoms with Crippen LogP contribution >= 0.6 is 23.4 Å². The van der Waals surface area contributed by atoms with Gasteiger partial charge in [-0.25, -0.2) is 9.97 Å². The fraction of sp³-hybridized carbons (Fsp3) is 0.636. The van der Waals surface area contributed by atoms with E-state index < -0.39 is 5.60 Å². The van der Waals surface area contributed by atoms with Gasteiger partial charge in [-0.1, -0.05) is 11.6 Å². The van der Waals surface area contributed by atoms with Crippen LogP contribution in [0, 0.1) is 0 Å². The molecule has 0 amide bonds. The molecular formula is C11H15ClN2OS. The first-order valence-electron chi connectivity index (χ1n) is 5.32. The summed E-state index contributed by atoms with van der Waals surface area (Å²) in [5.41, 5.74) is 1.68. The maximum Gasteiger partial charge on any atom is 0.161 e. The number of hydrogen-bond donors (Lipinski definition) is 0. The third-order valence-corrected chi connectivity index (χ3v) is 3.85. The Morgan fingerprint density at radius 1 is 1.38 bits per heavy atom. The predicted molar refractivity (Wildman–Crippen MR) is 66.7 cm³/mol. The molecule has 16 heavy (non-hydrogen) atoms. The van der Waals surface area contributed by atoms with E-state index >= 15 is 0 Å². The van der Waals surface area contributed by atoms with Crippen LogP contribution in [-0.4, -0.2) is 16.6 Å². The summed E-state index contributed by atoms with van der Waals surface area (Å²) in [4.78, 5) is 8.91. The van der Waals surface area contributed by atoms with Crippen molar-refractivity contribution in [2.75, 3.05) is 6.61 Å². The van der Waals surface area contributed by atoms with Crippen molar-refractivity contribution in [2.45, 2.75) is 37.9 Å². The second kappa shape index (κ2) is 4.51. The average Bonchev–Trinajstić information content (AvgIpc) is 2.65. The summed E-state index contributed by atoms with van der Waals surface area (Å²) in [5, 5.41) is 0.581. The fourth-order valence-corrected chi connectivity index (χ4v) is 3.08. The van der Waals surface area contributed by atoms with E-state index in [1.807, 2.05) is 32.5 Å². The zero-order valence-electron chi connectivity index (χ0n) is 9.71. The van der Waals surface area contributed by atoms with Gasteiger partial charge in [-0.3, -0.25) is 0 Å². The highest BCUT2D eigenvalue weighted by molar-refractivity contribution is 7.98. The van der Waals surface area contributed by atoms with Gasteiger partial charge < -0.3 is 4.74 Å². The molecule has 2 rings (SSSR count). The van der Waals surface area contributed by atoms with Crippen molar-refractivity contribution in [1.82, 2.24) is 9.97 Å². The quantitative estimate of drug-likeness (QED) is 0.781. The SMILES string of the molecule is CCOC(C)(C)c1nc(Cl)c2c(n1)CSC2. The molecule has 1 aliphatic rings. The first-order chi connectivity index (χ1) is 7.54. The largest absolute Gasteiger partial charge is 0.368 e. The number of hydrogen-bond acceptors (Lipinski definition) is 4. The van der Waals surface area contributed by atoms with E-state index in [9.17, 15) is 0 Å². The van der Waals surface area contributed by atoms with E-state index in [0.29, 0.717) is 17.6 Å². The number of halogens is 1. The van der Waals surface area contributed by atoms with Crippen LogP contribution in [0.5, 0.6) is 0 Å². The van der Waals surface area contributed by atoms with E-state index in [1.165, 1.54) is 0 Å². The molecular weight excluding hydrogens is 244 g/mol. The van der Waals surface area contributed by atoms with Crippen LogP contribution in [-0.2, 0) is 21.8 Å². The van der Waals surface area contributed by atoms with Gasteiger partial charge in [0, 0.05) is 23.7 Å². The molecule has 88 valence electrons. The molecule has 1 aliphatic heterocycles. The zero-order chi connectivity index (χ0) is 11.8. The lowest BCUT2D eigenvalue weighted by molar-refractivity contribution is -0.0209. The van der Waals surface area contributed by atoms with Crippen LogP contribution in [0.25, 0.3) is 0 Å². The highest BCUT2D eigenvalue weighted by Gasteiger charge is 2.28. The van der Waals surface area contributed by atoms with Crippen molar-refractivity contribution < 1.29 is 4.74 Å². The second-order valence-electron chi connectivity index (χ2n) is 4.20. The van der Waals surface area contributed by atoms with E-state index in [0.717, 1.165) is 22.8 Å². The van der Waals surface area contributed by atoms with E-state index in [2.05, 4.69) is 9.97 Å². The first kappa shape index (κ1) is 12.1. The van der Waals surface area contributed by atoms with Crippen molar-refractivity contribution in [2.24, 2.45) is 0 Å². The molecule has 2 heterocycles. The molecule has 0 N–H and O–H groups in total. The van der Waals surface area contributed by atoms with Crippen molar-refractivity contribution in [3.05, 3.63) is 22.2 Å². The Morgan fingerprint density at radius 3 is 2.81 bits per heavy atom. The van der Waals surface area contributed by atoms with Crippen molar-refractivity contribution >= 4 is 23.4 Å². The van der Waals surface area contributed by atoms with Gasteiger partial charge in [0.05, 0.1) is 5.69 Å². The monoisotopic (exact) mass is 258 g/mol. The van der Waals surface area contributed by atoms with Crippen LogP contribution in [0.4, 0.5) is 0 Å². The van der Waals surface area contributed by atoms with Gasteiger partial charge in [0.2, 0.25) is 0 Å². The maximum atomic E-state index is 6.16. The van der Waals surface area contributed by atoms with Crippen LogP contribution in [0.3, 0.4) is 0 Å². The molecule has 0 aromatic carbocycles. The number of aromatic nitrogens is 2. The van der Waals surface area contributed by atoms with Crippen molar-refractivity contribution in [3.8, 4) is 0 Å². The number of ether oxygens (including phenoxy) is 1. The summed E-state index contributed by atoms with van der Waals surface area (Å²) in [5.74, 6) is 2.52. The highest BCUT2D eigenvalue weighted by atomic mass is 35.5. The third-order valence-electron chi connectivity index (χ3n) is 2.57. The topological polar surface area (TPSA) is 35.0 Å². The molecule has 1 aromatic rings. The molecule has 3 nitrogen and oxygen atoms in total. The van der Waals surface area contributed by atoms with E-state index in [-0.39, 0.29) is 0 Å². The summed E-state index contributed by atoms with van der Waals surface area (Å²) < 4.78 is 5.64. The summed E-state index contributed by atoms with van der Waals surface area (Å²) in [6.45, 7) is 6.54. The molecule has 0 saturated heterocycles. The lowest BCUT2D eigenvalue weighted by Gasteiger charge is -2.23. The van der Waals surface area contributed by atoms with Crippen molar-refractivity contribution in [1.29, 1.82) is 0 Å². The Balaban J connectivity index is 2.40. The van der Waals surface area contributed by atoms with Crippen molar-refractivity contribution in [3.63, 3.8) is 0 Å². The molecule has 1 aromatic heterocycles. The lowest BCUT2D eigenvalue weighted by Crippen LogP contribution is -2.25. The minimum atomic E-state index is -0.472. The maximum absolute atomic E-state index is 6.16. The number of fused-ring (bicyclic) bond motifs is 1. The zero-order valence-corrected chi connectivity index (χ0v) is 11.3. The van der Waals surface area contributed by atoms with Crippen LogP contribution < -0.4 is 0 Å². The van der Waals surface area contributed by atoms with Gasteiger partial charge >= 0.3 is 0 Å². The Kier molecular flexibility index (Phi) is 3.42. The summed E-state index contributed by atoms with van der Waals surface area (Å²) in [7, 11) is 0. The summed E-state index contributed by atoms with van der Waals surface area (Å²) in [6.07, 6.45) is 0. The van der Waals surface area contributed by atoms with Gasteiger partial charge in [0.1, 0.15) is 10.8 Å². The fourth-order valence-electron chi connectivity index (χ4n) is 1.71. The van der Waals surface area contributed by atoms with Crippen LogP contribution in [0.1, 0.15) is 37.9 Å². The number of thioether (sulfide) groups is 1. The molecule has 0 saturated carbocycles. The van der Waals surface area contributed by atoms with E-state index in [4.69, 9.17) is 16.3 Å². The average molecular weight is 259 g/mol. The van der Waals surface area contributed by atoms with E-state index in [1.54, 1.807) is 0 Å². The van der Waals surface area contributed by atoms with Gasteiger partial charge in [-0.15, -0.1) is 0 Å².